The second kappa shape index (κ2) is 4.92. The Bertz CT molecular complexity index is 1180. The van der Waals surface area contributed by atoms with Gasteiger partial charge >= 0.3 is 0 Å². The number of aromatic nitrogens is 3. The predicted molar refractivity (Wildman–Crippen MR) is 87.1 cm³/mol. The van der Waals surface area contributed by atoms with E-state index in [2.05, 4.69) is 10.1 Å². The third-order valence-electron chi connectivity index (χ3n) is 3.81. The Morgan fingerprint density at radius 1 is 1.12 bits per heavy atom. The van der Waals surface area contributed by atoms with Crippen molar-refractivity contribution in [3.8, 4) is 17.3 Å². The van der Waals surface area contributed by atoms with E-state index in [1.54, 1.807) is 30.3 Å². The van der Waals surface area contributed by atoms with Gasteiger partial charge in [0, 0.05) is 23.1 Å². The van der Waals surface area contributed by atoms with E-state index >= 15 is 0 Å². The van der Waals surface area contributed by atoms with Crippen LogP contribution in [0.15, 0.2) is 53.3 Å². The minimum atomic E-state index is -0.517. The molecule has 8 nitrogen and oxygen atoms in total. The SMILES string of the molecule is O=c1[nH]n2c(-c3cccc([N+](=O)[O-])c3)nc(O)c2c2ccccc12. The quantitative estimate of drug-likeness (QED) is 0.434. The molecule has 0 aliphatic heterocycles. The molecule has 118 valence electrons. The Morgan fingerprint density at radius 3 is 2.62 bits per heavy atom. The third-order valence-corrected chi connectivity index (χ3v) is 3.81. The highest BCUT2D eigenvalue weighted by atomic mass is 16.6. The van der Waals surface area contributed by atoms with Gasteiger partial charge in [0.05, 0.1) is 10.3 Å². The molecule has 2 N–H and O–H groups in total. The summed E-state index contributed by atoms with van der Waals surface area (Å²) in [5, 5.41) is 24.8. The van der Waals surface area contributed by atoms with Gasteiger partial charge in [-0.1, -0.05) is 30.3 Å². The highest BCUT2D eigenvalue weighted by Gasteiger charge is 2.18. The van der Waals surface area contributed by atoms with Crippen molar-refractivity contribution in [2.24, 2.45) is 0 Å². The summed E-state index contributed by atoms with van der Waals surface area (Å²) < 4.78 is 1.35. The van der Waals surface area contributed by atoms with Crippen molar-refractivity contribution >= 4 is 22.0 Å². The Morgan fingerprint density at radius 2 is 1.88 bits per heavy atom. The monoisotopic (exact) mass is 322 g/mol. The largest absolute Gasteiger partial charge is 0.492 e. The topological polar surface area (TPSA) is 114 Å². The number of nitrogens with zero attached hydrogens (tertiary/aromatic N) is 3. The maximum absolute atomic E-state index is 12.3. The molecule has 0 saturated carbocycles. The van der Waals surface area contributed by atoms with Gasteiger partial charge in [-0.3, -0.25) is 20.0 Å². The molecule has 0 aliphatic carbocycles. The molecule has 0 fully saturated rings. The van der Waals surface area contributed by atoms with Crippen LogP contribution in [0.1, 0.15) is 0 Å². The molecule has 0 unspecified atom stereocenters. The lowest BCUT2D eigenvalue weighted by Gasteiger charge is -2.04. The summed E-state index contributed by atoms with van der Waals surface area (Å²) >= 11 is 0. The lowest BCUT2D eigenvalue weighted by atomic mass is 10.1. The molecule has 0 aliphatic rings. The van der Waals surface area contributed by atoms with E-state index in [4.69, 9.17) is 0 Å². The minimum absolute atomic E-state index is 0.105. The summed E-state index contributed by atoms with van der Waals surface area (Å²) in [4.78, 5) is 26.8. The van der Waals surface area contributed by atoms with Gasteiger partial charge in [0.15, 0.2) is 5.82 Å². The molecular weight excluding hydrogens is 312 g/mol. The Kier molecular flexibility index (Phi) is 2.86. The molecule has 0 bridgehead atoms. The van der Waals surface area contributed by atoms with Gasteiger partial charge < -0.3 is 5.11 Å². The third kappa shape index (κ3) is 1.93. The van der Waals surface area contributed by atoms with E-state index < -0.39 is 4.92 Å². The summed E-state index contributed by atoms with van der Waals surface area (Å²) in [5.41, 5.74) is 0.297. The van der Waals surface area contributed by atoms with Gasteiger partial charge in [-0.25, -0.2) is 4.52 Å². The first-order valence-electron chi connectivity index (χ1n) is 7.03. The first-order valence-corrected chi connectivity index (χ1v) is 7.03. The van der Waals surface area contributed by atoms with Crippen LogP contribution in [0.25, 0.3) is 27.7 Å². The number of hydrogen-bond donors (Lipinski definition) is 2. The van der Waals surface area contributed by atoms with Crippen LogP contribution in [0.2, 0.25) is 0 Å². The molecular formula is C16H10N4O4. The molecule has 4 rings (SSSR count). The smallest absolute Gasteiger partial charge is 0.270 e. The standard InChI is InChI=1S/C16H10N4O4/c21-15-12-7-2-1-6-11(12)13-16(22)17-14(19(13)18-15)9-4-3-5-10(8-9)20(23)24/h1-8,22H,(H,18,21). The number of nitrogens with one attached hydrogen (secondary N) is 1. The molecule has 0 radical (unpaired) electrons. The van der Waals surface area contributed by atoms with Crippen molar-refractivity contribution in [3.63, 3.8) is 0 Å². The zero-order chi connectivity index (χ0) is 16.8. The number of benzene rings is 2. The fraction of sp³-hybridized carbons (Fsp3) is 0. The van der Waals surface area contributed by atoms with Crippen molar-refractivity contribution in [2.45, 2.75) is 0 Å². The number of hydrogen-bond acceptors (Lipinski definition) is 5. The van der Waals surface area contributed by atoms with Gasteiger partial charge in [0.2, 0.25) is 5.88 Å². The maximum Gasteiger partial charge on any atom is 0.270 e. The van der Waals surface area contributed by atoms with Crippen molar-refractivity contribution in [3.05, 3.63) is 69.0 Å². The zero-order valence-electron chi connectivity index (χ0n) is 12.1. The number of nitro benzene ring substituents is 1. The van der Waals surface area contributed by atoms with Crippen LogP contribution in [0.3, 0.4) is 0 Å². The predicted octanol–water partition coefficient (Wildman–Crippen LogP) is 2.46. The number of non-ortho nitro benzene ring substituents is 1. The normalized spacial score (nSPS) is 11.2. The molecule has 0 spiro atoms. The number of imidazole rings is 1. The molecule has 2 heterocycles. The van der Waals surface area contributed by atoms with Gasteiger partial charge in [0.1, 0.15) is 5.52 Å². The van der Waals surface area contributed by atoms with Crippen LogP contribution in [0.5, 0.6) is 5.88 Å². The van der Waals surface area contributed by atoms with Gasteiger partial charge in [-0.15, -0.1) is 0 Å². The summed E-state index contributed by atoms with van der Waals surface area (Å²) in [6, 6.07) is 12.7. The van der Waals surface area contributed by atoms with Crippen LogP contribution >= 0.6 is 0 Å². The molecule has 2 aromatic carbocycles. The Balaban J connectivity index is 2.10. The maximum atomic E-state index is 12.3. The number of fused-ring (bicyclic) bond motifs is 3. The van der Waals surface area contributed by atoms with E-state index in [1.165, 1.54) is 22.7 Å². The number of H-pyrrole nitrogens is 1. The number of aromatic hydroxyl groups is 1. The average molecular weight is 322 g/mol. The van der Waals surface area contributed by atoms with E-state index in [9.17, 15) is 20.0 Å². The zero-order valence-corrected chi connectivity index (χ0v) is 12.1. The van der Waals surface area contributed by atoms with Crippen molar-refractivity contribution in [2.75, 3.05) is 0 Å². The molecule has 0 amide bonds. The number of nitro groups is 1. The van der Waals surface area contributed by atoms with Crippen LogP contribution < -0.4 is 5.56 Å². The van der Waals surface area contributed by atoms with Gasteiger partial charge in [0.25, 0.3) is 11.2 Å². The molecule has 8 heteroatoms. The Hall–Kier alpha value is -3.68. The molecule has 4 aromatic rings. The van der Waals surface area contributed by atoms with E-state index in [1.807, 2.05) is 0 Å². The fourth-order valence-electron chi connectivity index (χ4n) is 2.76. The first kappa shape index (κ1) is 13.9. The molecule has 0 saturated heterocycles. The summed E-state index contributed by atoms with van der Waals surface area (Å²) in [5.74, 6) is -0.0435. The average Bonchev–Trinajstić information content (AvgIpc) is 2.92. The second-order valence-corrected chi connectivity index (χ2v) is 5.24. The van der Waals surface area contributed by atoms with Gasteiger partial charge in [-0.2, -0.15) is 4.98 Å². The van der Waals surface area contributed by atoms with Crippen molar-refractivity contribution < 1.29 is 10.0 Å². The van der Waals surface area contributed by atoms with Crippen molar-refractivity contribution in [1.29, 1.82) is 0 Å². The van der Waals surface area contributed by atoms with Crippen LogP contribution in [0.4, 0.5) is 5.69 Å². The summed E-state index contributed by atoms with van der Waals surface area (Å²) in [7, 11) is 0. The van der Waals surface area contributed by atoms with Crippen molar-refractivity contribution in [1.82, 2.24) is 14.6 Å². The number of rotatable bonds is 2. The molecule has 24 heavy (non-hydrogen) atoms. The van der Waals surface area contributed by atoms with E-state index in [0.717, 1.165) is 0 Å². The van der Waals surface area contributed by atoms with Crippen LogP contribution in [0, 0.1) is 10.1 Å². The number of aromatic amines is 1. The Labute approximate surface area is 133 Å². The highest BCUT2D eigenvalue weighted by molar-refractivity contribution is 5.98. The van der Waals surface area contributed by atoms with E-state index in [0.29, 0.717) is 21.9 Å². The second-order valence-electron chi connectivity index (χ2n) is 5.24. The molecule has 0 atom stereocenters. The lowest BCUT2D eigenvalue weighted by Crippen LogP contribution is -2.12. The minimum Gasteiger partial charge on any atom is -0.492 e. The fourth-order valence-corrected chi connectivity index (χ4v) is 2.76. The van der Waals surface area contributed by atoms with Crippen LogP contribution in [-0.4, -0.2) is 24.6 Å². The summed E-state index contributed by atoms with van der Waals surface area (Å²) in [6.07, 6.45) is 0. The first-order chi connectivity index (χ1) is 11.6. The molecule has 2 aromatic heterocycles. The van der Waals surface area contributed by atoms with Crippen LogP contribution in [-0.2, 0) is 0 Å². The van der Waals surface area contributed by atoms with Gasteiger partial charge in [-0.05, 0) is 6.07 Å². The lowest BCUT2D eigenvalue weighted by molar-refractivity contribution is -0.384. The summed E-state index contributed by atoms with van der Waals surface area (Å²) in [6.45, 7) is 0. The van der Waals surface area contributed by atoms with E-state index in [-0.39, 0.29) is 23.0 Å². The highest BCUT2D eigenvalue weighted by Crippen LogP contribution is 2.30.